The van der Waals surface area contributed by atoms with Crippen molar-refractivity contribution in [3.05, 3.63) is 21.9 Å². The number of nitrogens with zero attached hydrogens (tertiary/aromatic N) is 2. The molecule has 3 aliphatic rings. The van der Waals surface area contributed by atoms with Crippen LogP contribution in [0, 0.1) is 18.3 Å². The van der Waals surface area contributed by atoms with Crippen LogP contribution >= 0.6 is 11.3 Å². The van der Waals surface area contributed by atoms with Crippen molar-refractivity contribution in [2.75, 3.05) is 27.2 Å². The number of carbonyl (C=O) groups is 1. The molecule has 2 saturated carbocycles. The zero-order valence-electron chi connectivity index (χ0n) is 16.0. The highest BCUT2D eigenvalue weighted by Crippen LogP contribution is 2.53. The van der Waals surface area contributed by atoms with Gasteiger partial charge in [-0.25, -0.2) is 0 Å². The van der Waals surface area contributed by atoms with Crippen molar-refractivity contribution in [2.45, 2.75) is 63.8 Å². The van der Waals surface area contributed by atoms with Gasteiger partial charge in [0.15, 0.2) is 0 Å². The average molecular weight is 361 g/mol. The van der Waals surface area contributed by atoms with Crippen molar-refractivity contribution in [3.8, 4) is 0 Å². The Kier molecular flexibility index (Phi) is 4.48. The van der Waals surface area contributed by atoms with Crippen LogP contribution in [0.4, 0.5) is 0 Å². The number of rotatable bonds is 4. The first-order valence-corrected chi connectivity index (χ1v) is 10.8. The summed E-state index contributed by atoms with van der Waals surface area (Å²) in [5.41, 5.74) is 0.432. The fraction of sp³-hybridized carbons (Fsp3) is 0.762. The molecule has 4 heteroatoms. The van der Waals surface area contributed by atoms with Gasteiger partial charge in [0.1, 0.15) is 0 Å². The maximum Gasteiger partial charge on any atom is 0.223 e. The van der Waals surface area contributed by atoms with E-state index in [4.69, 9.17) is 0 Å². The van der Waals surface area contributed by atoms with Gasteiger partial charge in [0.2, 0.25) is 5.91 Å². The lowest BCUT2D eigenvalue weighted by Gasteiger charge is -2.48. The van der Waals surface area contributed by atoms with Crippen LogP contribution in [0.25, 0.3) is 0 Å². The second-order valence-electron chi connectivity index (χ2n) is 9.08. The number of amides is 1. The molecule has 3 fully saturated rings. The van der Waals surface area contributed by atoms with E-state index in [0.717, 1.165) is 25.4 Å². The van der Waals surface area contributed by atoms with Crippen LogP contribution in [0.15, 0.2) is 12.1 Å². The summed E-state index contributed by atoms with van der Waals surface area (Å²) >= 11 is 1.95. The monoisotopic (exact) mass is 360 g/mol. The minimum atomic E-state index is 0.175. The smallest absolute Gasteiger partial charge is 0.223 e. The van der Waals surface area contributed by atoms with E-state index in [1.54, 1.807) is 0 Å². The molecule has 1 spiro atoms. The van der Waals surface area contributed by atoms with Crippen LogP contribution in [0.5, 0.6) is 0 Å². The van der Waals surface area contributed by atoms with Gasteiger partial charge in [-0.2, -0.15) is 0 Å². The predicted molar refractivity (Wildman–Crippen MR) is 104 cm³/mol. The van der Waals surface area contributed by atoms with Gasteiger partial charge < -0.3 is 4.90 Å². The Bertz CT molecular complexity index is 638. The summed E-state index contributed by atoms with van der Waals surface area (Å²) in [5.74, 6) is 1.22. The Balaban J connectivity index is 1.47. The lowest BCUT2D eigenvalue weighted by molar-refractivity contribution is -0.128. The lowest BCUT2D eigenvalue weighted by atomic mass is 9.66. The number of hydrogen-bond donors (Lipinski definition) is 0. The predicted octanol–water partition coefficient (Wildman–Crippen LogP) is 4.41. The third-order valence-corrected chi connectivity index (χ3v) is 8.50. The van der Waals surface area contributed by atoms with E-state index in [0.29, 0.717) is 5.91 Å². The first kappa shape index (κ1) is 17.5. The molecular formula is C21H32N2OS. The fourth-order valence-electron chi connectivity index (χ4n) is 5.26. The molecule has 2 heterocycles. The van der Waals surface area contributed by atoms with Gasteiger partial charge in [-0.15, -0.1) is 11.3 Å². The minimum absolute atomic E-state index is 0.175. The van der Waals surface area contributed by atoms with Gasteiger partial charge >= 0.3 is 0 Å². The average Bonchev–Trinajstić information content (AvgIpc) is 3.09. The molecular weight excluding hydrogens is 328 g/mol. The zero-order chi connectivity index (χ0) is 17.7. The first-order chi connectivity index (χ1) is 11.9. The number of likely N-dealkylation sites (tertiary alicyclic amines) is 1. The van der Waals surface area contributed by atoms with E-state index in [1.165, 1.54) is 54.7 Å². The molecule has 138 valence electrons. The summed E-state index contributed by atoms with van der Waals surface area (Å²) in [6, 6.07) is 4.59. The Morgan fingerprint density at radius 2 is 1.92 bits per heavy atom. The van der Waals surface area contributed by atoms with E-state index < -0.39 is 0 Å². The molecule has 1 amide bonds. The highest BCUT2D eigenvalue weighted by atomic mass is 32.1. The van der Waals surface area contributed by atoms with Crippen molar-refractivity contribution in [1.29, 1.82) is 0 Å². The third-order valence-electron chi connectivity index (χ3n) is 7.30. The maximum absolute atomic E-state index is 12.6. The summed E-state index contributed by atoms with van der Waals surface area (Å²) in [6.45, 7) is 4.26. The number of hydrogen-bond acceptors (Lipinski definition) is 3. The topological polar surface area (TPSA) is 23.6 Å². The molecule has 1 aromatic heterocycles. The molecule has 25 heavy (non-hydrogen) atoms. The van der Waals surface area contributed by atoms with Crippen LogP contribution in [0.2, 0.25) is 0 Å². The maximum atomic E-state index is 12.6. The van der Waals surface area contributed by atoms with Crippen LogP contribution in [-0.4, -0.2) is 42.9 Å². The van der Waals surface area contributed by atoms with E-state index in [1.807, 2.05) is 11.3 Å². The van der Waals surface area contributed by atoms with Gasteiger partial charge in [-0.3, -0.25) is 9.69 Å². The van der Waals surface area contributed by atoms with Gasteiger partial charge in [-0.1, -0.05) is 6.42 Å². The van der Waals surface area contributed by atoms with E-state index in [9.17, 15) is 4.79 Å². The molecule has 4 rings (SSSR count). The largest absolute Gasteiger partial charge is 0.342 e. The molecule has 0 aromatic carbocycles. The van der Waals surface area contributed by atoms with Gasteiger partial charge in [0.05, 0.1) is 5.54 Å². The highest BCUT2D eigenvalue weighted by Gasteiger charge is 2.50. The summed E-state index contributed by atoms with van der Waals surface area (Å²) in [4.78, 5) is 20.2. The Morgan fingerprint density at radius 1 is 1.20 bits per heavy atom. The number of thiophene rings is 1. The van der Waals surface area contributed by atoms with Crippen LogP contribution in [0.3, 0.4) is 0 Å². The Labute approximate surface area is 156 Å². The second kappa shape index (κ2) is 6.38. The molecule has 0 radical (unpaired) electrons. The molecule has 1 aromatic rings. The molecule has 0 N–H and O–H groups in total. The lowest BCUT2D eigenvalue weighted by Crippen LogP contribution is -2.47. The fourth-order valence-corrected chi connectivity index (χ4v) is 6.46. The number of carbonyl (C=O) groups excluding carboxylic acids is 1. The molecule has 2 aliphatic carbocycles. The molecule has 0 atom stereocenters. The van der Waals surface area contributed by atoms with Crippen LogP contribution < -0.4 is 0 Å². The molecule has 1 saturated heterocycles. The summed E-state index contributed by atoms with van der Waals surface area (Å²) in [6.07, 6.45) is 9.58. The normalized spacial score (nSPS) is 33.4. The second-order valence-corrected chi connectivity index (χ2v) is 10.4. The Hall–Kier alpha value is -0.870. The van der Waals surface area contributed by atoms with Crippen molar-refractivity contribution in [3.63, 3.8) is 0 Å². The van der Waals surface area contributed by atoms with Gasteiger partial charge in [0.25, 0.3) is 0 Å². The van der Waals surface area contributed by atoms with E-state index >= 15 is 0 Å². The molecule has 3 nitrogen and oxygen atoms in total. The third kappa shape index (κ3) is 3.06. The van der Waals surface area contributed by atoms with E-state index in [2.05, 4.69) is 43.0 Å². The molecule has 0 unspecified atom stereocenters. The standard InChI is InChI=1S/C21H32N2OS/c1-16-7-8-18(25-16)21(22(2)3)11-9-20(10-12-21)13-19(24)23(15-20)14-17-5-4-6-17/h7-8,17H,4-6,9-15H2,1-3H3. The molecule has 0 bridgehead atoms. The van der Waals surface area contributed by atoms with Crippen molar-refractivity contribution < 1.29 is 4.79 Å². The zero-order valence-corrected chi connectivity index (χ0v) is 16.8. The molecule has 1 aliphatic heterocycles. The SMILES string of the molecule is Cc1ccc(C2(N(C)C)CCC3(CC2)CC(=O)N(CC2CCC2)C3)s1. The summed E-state index contributed by atoms with van der Waals surface area (Å²) < 4.78 is 0. The van der Waals surface area contributed by atoms with Crippen molar-refractivity contribution >= 4 is 17.2 Å². The van der Waals surface area contributed by atoms with Gasteiger partial charge in [-0.05, 0) is 83.0 Å². The first-order valence-electron chi connectivity index (χ1n) is 9.95. The van der Waals surface area contributed by atoms with Gasteiger partial charge in [0, 0.05) is 29.3 Å². The van der Waals surface area contributed by atoms with Crippen molar-refractivity contribution in [1.82, 2.24) is 9.80 Å². The highest BCUT2D eigenvalue weighted by molar-refractivity contribution is 7.12. The number of aryl methyl sites for hydroxylation is 1. The van der Waals surface area contributed by atoms with Crippen LogP contribution in [0.1, 0.15) is 61.1 Å². The van der Waals surface area contributed by atoms with Crippen LogP contribution in [-0.2, 0) is 10.3 Å². The quantitative estimate of drug-likeness (QED) is 0.794. The van der Waals surface area contributed by atoms with Crippen molar-refractivity contribution in [2.24, 2.45) is 11.3 Å². The Morgan fingerprint density at radius 3 is 2.44 bits per heavy atom. The summed E-state index contributed by atoms with van der Waals surface area (Å²) in [5, 5.41) is 0. The van der Waals surface area contributed by atoms with E-state index in [-0.39, 0.29) is 11.0 Å². The minimum Gasteiger partial charge on any atom is -0.342 e. The summed E-state index contributed by atoms with van der Waals surface area (Å²) in [7, 11) is 4.46.